The monoisotopic (exact) mass is 280 g/mol. The molecule has 4 nitrogen and oxygen atoms in total. The van der Waals surface area contributed by atoms with Crippen LogP contribution < -0.4 is 0 Å². The van der Waals surface area contributed by atoms with Crippen molar-refractivity contribution in [3.8, 4) is 0 Å². The summed E-state index contributed by atoms with van der Waals surface area (Å²) in [4.78, 5) is 10.8. The average Bonchev–Trinajstić information content (AvgIpc) is 2.66. The van der Waals surface area contributed by atoms with Crippen molar-refractivity contribution in [3.05, 3.63) is 46.9 Å². The fraction of sp³-hybridized carbons (Fsp3) is 0.231. The fourth-order valence-electron chi connectivity index (χ4n) is 1.73. The summed E-state index contributed by atoms with van der Waals surface area (Å²) in [6.45, 7) is 1.88. The van der Waals surface area contributed by atoms with Gasteiger partial charge in [0.25, 0.3) is 0 Å². The van der Waals surface area contributed by atoms with Gasteiger partial charge in [0.1, 0.15) is 5.82 Å². The number of thioether (sulfide) groups is 1. The van der Waals surface area contributed by atoms with Gasteiger partial charge < -0.3 is 5.11 Å². The van der Waals surface area contributed by atoms with E-state index in [1.807, 2.05) is 20.0 Å². The first-order valence-corrected chi connectivity index (χ1v) is 6.61. The molecule has 0 atom stereocenters. The van der Waals surface area contributed by atoms with Crippen molar-refractivity contribution in [2.45, 2.75) is 17.7 Å². The summed E-state index contributed by atoms with van der Waals surface area (Å²) in [5.41, 5.74) is 0.979. The third-order valence-corrected chi connectivity index (χ3v) is 3.78. The zero-order valence-corrected chi connectivity index (χ0v) is 11.4. The Morgan fingerprint density at radius 1 is 1.53 bits per heavy atom. The highest BCUT2D eigenvalue weighted by molar-refractivity contribution is 7.98. The van der Waals surface area contributed by atoms with Crippen LogP contribution in [0.5, 0.6) is 0 Å². The van der Waals surface area contributed by atoms with Gasteiger partial charge in [-0.3, -0.25) is 4.68 Å². The van der Waals surface area contributed by atoms with Crippen molar-refractivity contribution in [2.24, 2.45) is 7.05 Å². The summed E-state index contributed by atoms with van der Waals surface area (Å²) in [6.07, 6.45) is 0. The number of hydrogen-bond acceptors (Lipinski definition) is 3. The minimum absolute atomic E-state index is 0.292. The number of nitrogens with zero attached hydrogens (tertiary/aromatic N) is 2. The van der Waals surface area contributed by atoms with Gasteiger partial charge in [0.05, 0.1) is 16.3 Å². The van der Waals surface area contributed by atoms with E-state index in [1.54, 1.807) is 16.8 Å². The van der Waals surface area contributed by atoms with Crippen LogP contribution in [0.3, 0.4) is 0 Å². The average molecular weight is 280 g/mol. The molecule has 1 heterocycles. The number of hydrogen-bond donors (Lipinski definition) is 1. The third kappa shape index (κ3) is 2.96. The van der Waals surface area contributed by atoms with Gasteiger partial charge in [0.15, 0.2) is 0 Å². The van der Waals surface area contributed by atoms with Crippen molar-refractivity contribution < 1.29 is 14.3 Å². The van der Waals surface area contributed by atoms with Gasteiger partial charge >= 0.3 is 5.97 Å². The molecule has 0 amide bonds. The molecular formula is C13H13FN2O2S. The predicted octanol–water partition coefficient (Wildman–Crippen LogP) is 2.86. The van der Waals surface area contributed by atoms with E-state index in [2.05, 4.69) is 5.10 Å². The summed E-state index contributed by atoms with van der Waals surface area (Å²) in [5.74, 6) is -1.55. The van der Waals surface area contributed by atoms with Crippen molar-refractivity contribution in [3.63, 3.8) is 0 Å². The standard InChI is InChI=1S/C13H13FN2O2S/c1-8-6-11(16(2)15-8)19-7-9-4-3-5-10(12(9)14)13(17)18/h3-6H,7H2,1-2H3,(H,17,18). The maximum atomic E-state index is 13.9. The number of aromatic carboxylic acids is 1. The molecule has 6 heteroatoms. The molecule has 19 heavy (non-hydrogen) atoms. The van der Waals surface area contributed by atoms with E-state index in [1.165, 1.54) is 17.8 Å². The highest BCUT2D eigenvalue weighted by Crippen LogP contribution is 2.25. The van der Waals surface area contributed by atoms with Gasteiger partial charge in [-0.2, -0.15) is 5.10 Å². The van der Waals surface area contributed by atoms with E-state index >= 15 is 0 Å². The number of carboxylic acid groups (broad SMARTS) is 1. The Kier molecular flexibility index (Phi) is 3.90. The first-order chi connectivity index (χ1) is 8.99. The number of carbonyl (C=O) groups is 1. The number of benzene rings is 1. The Bertz CT molecular complexity index is 625. The summed E-state index contributed by atoms with van der Waals surface area (Å²) in [5, 5.41) is 14.0. The lowest BCUT2D eigenvalue weighted by atomic mass is 10.1. The van der Waals surface area contributed by atoms with Crippen LogP contribution in [0.2, 0.25) is 0 Å². The number of halogens is 1. The van der Waals surface area contributed by atoms with E-state index in [0.29, 0.717) is 11.3 Å². The molecule has 2 rings (SSSR count). The summed E-state index contributed by atoms with van der Waals surface area (Å²) >= 11 is 1.42. The molecule has 0 aliphatic rings. The van der Waals surface area contributed by atoms with Crippen LogP contribution in [0.15, 0.2) is 29.3 Å². The highest BCUT2D eigenvalue weighted by atomic mass is 32.2. The minimum atomic E-state index is -1.25. The molecule has 100 valence electrons. The third-order valence-electron chi connectivity index (χ3n) is 2.64. The zero-order valence-electron chi connectivity index (χ0n) is 10.6. The second kappa shape index (κ2) is 5.44. The van der Waals surface area contributed by atoms with Gasteiger partial charge in [-0.05, 0) is 24.6 Å². The number of aromatic nitrogens is 2. The second-order valence-corrected chi connectivity index (χ2v) is 5.12. The molecule has 0 saturated carbocycles. The molecule has 0 aliphatic carbocycles. The molecule has 0 bridgehead atoms. The molecule has 0 radical (unpaired) electrons. The quantitative estimate of drug-likeness (QED) is 0.875. The summed E-state index contributed by atoms with van der Waals surface area (Å²) < 4.78 is 15.6. The fourth-order valence-corrected chi connectivity index (χ4v) is 2.74. The Morgan fingerprint density at radius 2 is 2.26 bits per heavy atom. The molecule has 0 saturated heterocycles. The normalized spacial score (nSPS) is 10.7. The Labute approximate surface area is 114 Å². The maximum absolute atomic E-state index is 13.9. The van der Waals surface area contributed by atoms with Crippen LogP contribution in [0.4, 0.5) is 4.39 Å². The maximum Gasteiger partial charge on any atom is 0.338 e. The van der Waals surface area contributed by atoms with E-state index in [0.717, 1.165) is 10.7 Å². The van der Waals surface area contributed by atoms with Gasteiger partial charge in [-0.1, -0.05) is 12.1 Å². The largest absolute Gasteiger partial charge is 0.478 e. The molecule has 0 aliphatic heterocycles. The van der Waals surface area contributed by atoms with Crippen LogP contribution in [0, 0.1) is 12.7 Å². The Balaban J connectivity index is 2.18. The molecule has 2 aromatic rings. The summed E-state index contributed by atoms with van der Waals surface area (Å²) in [6, 6.07) is 6.32. The Morgan fingerprint density at radius 3 is 2.84 bits per heavy atom. The van der Waals surface area contributed by atoms with Crippen LogP contribution in [-0.4, -0.2) is 20.9 Å². The number of aryl methyl sites for hydroxylation is 2. The van der Waals surface area contributed by atoms with E-state index < -0.39 is 11.8 Å². The van der Waals surface area contributed by atoms with Crippen molar-refractivity contribution in [1.82, 2.24) is 9.78 Å². The topological polar surface area (TPSA) is 55.1 Å². The van der Waals surface area contributed by atoms with E-state index in [-0.39, 0.29) is 5.56 Å². The molecule has 0 spiro atoms. The lowest BCUT2D eigenvalue weighted by molar-refractivity contribution is 0.0691. The van der Waals surface area contributed by atoms with Gasteiger partial charge in [0, 0.05) is 12.8 Å². The SMILES string of the molecule is Cc1cc(SCc2cccc(C(=O)O)c2F)n(C)n1. The van der Waals surface area contributed by atoms with Crippen LogP contribution >= 0.6 is 11.8 Å². The Hall–Kier alpha value is -1.82. The molecule has 1 N–H and O–H groups in total. The lowest BCUT2D eigenvalue weighted by Gasteiger charge is -2.05. The highest BCUT2D eigenvalue weighted by Gasteiger charge is 2.14. The van der Waals surface area contributed by atoms with Crippen molar-refractivity contribution >= 4 is 17.7 Å². The van der Waals surface area contributed by atoms with Gasteiger partial charge in [-0.25, -0.2) is 9.18 Å². The minimum Gasteiger partial charge on any atom is -0.478 e. The smallest absolute Gasteiger partial charge is 0.338 e. The predicted molar refractivity (Wildman–Crippen MR) is 70.9 cm³/mol. The van der Waals surface area contributed by atoms with Crippen LogP contribution in [-0.2, 0) is 12.8 Å². The number of carboxylic acids is 1. The first-order valence-electron chi connectivity index (χ1n) is 5.63. The molecule has 1 aromatic heterocycles. The zero-order chi connectivity index (χ0) is 14.0. The second-order valence-electron chi connectivity index (χ2n) is 4.12. The molecule has 0 fully saturated rings. The number of rotatable bonds is 4. The van der Waals surface area contributed by atoms with E-state index in [9.17, 15) is 9.18 Å². The summed E-state index contributed by atoms with van der Waals surface area (Å²) in [7, 11) is 1.82. The first kappa shape index (κ1) is 13.6. The molecule has 0 unspecified atom stereocenters. The van der Waals surface area contributed by atoms with Crippen LogP contribution in [0.1, 0.15) is 21.6 Å². The van der Waals surface area contributed by atoms with Gasteiger partial charge in [-0.15, -0.1) is 11.8 Å². The van der Waals surface area contributed by atoms with Crippen molar-refractivity contribution in [2.75, 3.05) is 0 Å². The van der Waals surface area contributed by atoms with Gasteiger partial charge in [0.2, 0.25) is 0 Å². The van der Waals surface area contributed by atoms with Crippen molar-refractivity contribution in [1.29, 1.82) is 0 Å². The lowest BCUT2D eigenvalue weighted by Crippen LogP contribution is -2.03. The molecular weight excluding hydrogens is 267 g/mol. The van der Waals surface area contributed by atoms with Crippen LogP contribution in [0.25, 0.3) is 0 Å². The van der Waals surface area contributed by atoms with E-state index in [4.69, 9.17) is 5.11 Å². The molecule has 1 aromatic carbocycles.